The van der Waals surface area contributed by atoms with Gasteiger partial charge in [0.1, 0.15) is 0 Å². The van der Waals surface area contributed by atoms with Gasteiger partial charge in [0.15, 0.2) is 5.75 Å². The first-order valence-electron chi connectivity index (χ1n) is 3.96. The number of methoxy groups -OCH3 is 1. The van der Waals surface area contributed by atoms with Crippen LogP contribution in [0.3, 0.4) is 0 Å². The van der Waals surface area contributed by atoms with Crippen molar-refractivity contribution in [3.63, 3.8) is 0 Å². The number of halogens is 3. The van der Waals surface area contributed by atoms with Crippen LogP contribution < -0.4 is 10.1 Å². The van der Waals surface area contributed by atoms with Gasteiger partial charge in [-0.3, -0.25) is 4.79 Å². The smallest absolute Gasteiger partial charge is 0.221 e. The maximum atomic E-state index is 11.0. The minimum atomic E-state index is -0.144. The molecule has 0 aliphatic heterocycles. The number of benzene rings is 1. The minimum absolute atomic E-state index is 0.144. The Morgan fingerprint density at radius 2 is 1.93 bits per heavy atom. The predicted octanol–water partition coefficient (Wildman–Crippen LogP) is 3.94. The lowest BCUT2D eigenvalue weighted by atomic mass is 10.3. The molecule has 0 radical (unpaired) electrons. The molecule has 0 saturated carbocycles. The number of carbonyl (C=O) groups excluding carboxylic acids is 1. The fourth-order valence-corrected chi connectivity index (χ4v) is 2.64. The molecule has 0 unspecified atom stereocenters. The van der Waals surface area contributed by atoms with Crippen molar-refractivity contribution >= 4 is 59.4 Å². The molecule has 15 heavy (non-hydrogen) atoms. The molecule has 0 heterocycles. The molecule has 0 spiro atoms. The molecule has 1 aromatic rings. The van der Waals surface area contributed by atoms with Crippen LogP contribution in [-0.4, -0.2) is 13.0 Å². The van der Waals surface area contributed by atoms with E-state index in [1.54, 1.807) is 13.2 Å². The summed E-state index contributed by atoms with van der Waals surface area (Å²) in [4.78, 5) is 11.0. The summed E-state index contributed by atoms with van der Waals surface area (Å²) in [5.41, 5.74) is 0.618. The molecule has 0 saturated heterocycles. The maximum absolute atomic E-state index is 11.0. The van der Waals surface area contributed by atoms with Crippen molar-refractivity contribution in [2.45, 2.75) is 6.92 Å². The van der Waals surface area contributed by atoms with Gasteiger partial charge in [0.05, 0.1) is 17.3 Å². The van der Waals surface area contributed by atoms with Gasteiger partial charge in [-0.2, -0.15) is 0 Å². The van der Waals surface area contributed by atoms with Gasteiger partial charge in [-0.25, -0.2) is 0 Å². The molecular formula is C9H8Br3NO2. The van der Waals surface area contributed by atoms with Crippen LogP contribution in [0.1, 0.15) is 6.92 Å². The van der Waals surface area contributed by atoms with Crippen molar-refractivity contribution in [1.82, 2.24) is 0 Å². The van der Waals surface area contributed by atoms with Crippen LogP contribution in [-0.2, 0) is 4.79 Å². The van der Waals surface area contributed by atoms with Crippen LogP contribution in [0, 0.1) is 0 Å². The van der Waals surface area contributed by atoms with Crippen molar-refractivity contribution in [2.24, 2.45) is 0 Å². The van der Waals surface area contributed by atoms with E-state index in [2.05, 4.69) is 53.1 Å². The fourth-order valence-electron chi connectivity index (χ4n) is 1.06. The Kier molecular flexibility index (Phi) is 4.61. The number of hydrogen-bond donors (Lipinski definition) is 1. The zero-order valence-electron chi connectivity index (χ0n) is 8.03. The number of rotatable bonds is 2. The van der Waals surface area contributed by atoms with Crippen molar-refractivity contribution in [1.29, 1.82) is 0 Å². The lowest BCUT2D eigenvalue weighted by Crippen LogP contribution is -2.07. The highest BCUT2D eigenvalue weighted by Gasteiger charge is 2.14. The highest BCUT2D eigenvalue weighted by Crippen LogP contribution is 2.43. The Morgan fingerprint density at radius 1 is 1.33 bits per heavy atom. The Bertz CT molecular complexity index is 407. The van der Waals surface area contributed by atoms with Crippen LogP contribution in [0.5, 0.6) is 5.75 Å². The van der Waals surface area contributed by atoms with E-state index in [4.69, 9.17) is 4.74 Å². The molecule has 82 valence electrons. The topological polar surface area (TPSA) is 38.3 Å². The van der Waals surface area contributed by atoms with Gasteiger partial charge in [-0.05, 0) is 53.9 Å². The normalized spacial score (nSPS) is 9.93. The van der Waals surface area contributed by atoms with E-state index in [-0.39, 0.29) is 5.91 Å². The fraction of sp³-hybridized carbons (Fsp3) is 0.222. The first-order chi connectivity index (χ1) is 6.97. The molecule has 0 bridgehead atoms. The Morgan fingerprint density at radius 3 is 2.40 bits per heavy atom. The summed E-state index contributed by atoms with van der Waals surface area (Å²) >= 11 is 10.1. The standard InChI is InChI=1S/C9H8Br3NO2/c1-4(14)13-6-3-5(10)7(11)8(12)9(6)15-2/h3H,1-2H3,(H,13,14). The number of ether oxygens (including phenoxy) is 1. The molecule has 0 aliphatic rings. The average Bonchev–Trinajstić information content (AvgIpc) is 2.14. The van der Waals surface area contributed by atoms with Gasteiger partial charge in [-0.1, -0.05) is 0 Å². The van der Waals surface area contributed by atoms with Crippen molar-refractivity contribution in [3.8, 4) is 5.75 Å². The summed E-state index contributed by atoms with van der Waals surface area (Å²) < 4.78 is 7.63. The summed E-state index contributed by atoms with van der Waals surface area (Å²) in [5, 5.41) is 2.69. The SMILES string of the molecule is COc1c(NC(C)=O)cc(Br)c(Br)c1Br. The summed E-state index contributed by atoms with van der Waals surface area (Å²) in [6.07, 6.45) is 0. The lowest BCUT2D eigenvalue weighted by molar-refractivity contribution is -0.114. The van der Waals surface area contributed by atoms with Crippen molar-refractivity contribution in [3.05, 3.63) is 19.5 Å². The minimum Gasteiger partial charge on any atom is -0.493 e. The van der Waals surface area contributed by atoms with Gasteiger partial charge >= 0.3 is 0 Å². The molecule has 0 aliphatic carbocycles. The van der Waals surface area contributed by atoms with Gasteiger partial charge < -0.3 is 10.1 Å². The van der Waals surface area contributed by atoms with Gasteiger partial charge in [0.25, 0.3) is 0 Å². The van der Waals surface area contributed by atoms with Gasteiger partial charge in [-0.15, -0.1) is 0 Å². The number of hydrogen-bond acceptors (Lipinski definition) is 2. The molecule has 1 amide bonds. The predicted molar refractivity (Wildman–Crippen MR) is 70.4 cm³/mol. The monoisotopic (exact) mass is 399 g/mol. The second-order valence-corrected chi connectivity index (χ2v) is 5.19. The largest absolute Gasteiger partial charge is 0.493 e. The molecule has 1 aromatic carbocycles. The number of anilines is 1. The van der Waals surface area contributed by atoms with Crippen LogP contribution in [0.2, 0.25) is 0 Å². The summed E-state index contributed by atoms with van der Waals surface area (Å²) in [6.45, 7) is 1.45. The first-order valence-corrected chi connectivity index (χ1v) is 6.34. The Labute approximate surface area is 113 Å². The van der Waals surface area contributed by atoms with Gasteiger partial charge in [0.2, 0.25) is 5.91 Å². The van der Waals surface area contributed by atoms with Crippen LogP contribution in [0.15, 0.2) is 19.5 Å². The maximum Gasteiger partial charge on any atom is 0.221 e. The number of amides is 1. The van der Waals surface area contributed by atoms with E-state index in [9.17, 15) is 4.79 Å². The molecule has 3 nitrogen and oxygen atoms in total. The molecule has 0 aromatic heterocycles. The van der Waals surface area contributed by atoms with Crippen LogP contribution >= 0.6 is 47.8 Å². The number of nitrogens with one attached hydrogen (secondary N) is 1. The second-order valence-electron chi connectivity index (χ2n) is 2.75. The first kappa shape index (κ1) is 13.0. The summed E-state index contributed by atoms with van der Waals surface area (Å²) in [6, 6.07) is 1.77. The van der Waals surface area contributed by atoms with Crippen molar-refractivity contribution < 1.29 is 9.53 Å². The Hall–Kier alpha value is -0.0700. The van der Waals surface area contributed by atoms with Crippen molar-refractivity contribution in [2.75, 3.05) is 12.4 Å². The molecule has 1 N–H and O–H groups in total. The van der Waals surface area contributed by atoms with E-state index in [0.717, 1.165) is 13.4 Å². The van der Waals surface area contributed by atoms with Gasteiger partial charge in [0, 0.05) is 15.9 Å². The molecular weight excluding hydrogens is 394 g/mol. The van der Waals surface area contributed by atoms with E-state index in [0.29, 0.717) is 11.4 Å². The summed E-state index contributed by atoms with van der Waals surface area (Å²) in [7, 11) is 1.55. The third-order valence-corrected chi connectivity index (χ3v) is 4.90. The lowest BCUT2D eigenvalue weighted by Gasteiger charge is -2.13. The zero-order valence-corrected chi connectivity index (χ0v) is 12.8. The van der Waals surface area contributed by atoms with E-state index in [1.165, 1.54) is 6.92 Å². The third kappa shape index (κ3) is 2.95. The van der Waals surface area contributed by atoms with Crippen LogP contribution in [0.4, 0.5) is 5.69 Å². The molecule has 6 heteroatoms. The molecule has 0 atom stereocenters. The highest BCUT2D eigenvalue weighted by molar-refractivity contribution is 9.14. The summed E-state index contributed by atoms with van der Waals surface area (Å²) in [5.74, 6) is 0.440. The van der Waals surface area contributed by atoms with Crippen LogP contribution in [0.25, 0.3) is 0 Å². The third-order valence-electron chi connectivity index (χ3n) is 1.63. The second kappa shape index (κ2) is 5.32. The Balaban J connectivity index is 3.31. The molecule has 1 rings (SSSR count). The zero-order chi connectivity index (χ0) is 11.6. The highest BCUT2D eigenvalue weighted by atomic mass is 79.9. The molecule has 0 fully saturated rings. The number of carbonyl (C=O) groups is 1. The van der Waals surface area contributed by atoms with E-state index >= 15 is 0 Å². The van der Waals surface area contributed by atoms with E-state index in [1.807, 2.05) is 0 Å². The van der Waals surface area contributed by atoms with E-state index < -0.39 is 0 Å². The quantitative estimate of drug-likeness (QED) is 0.762. The average molecular weight is 402 g/mol.